The molecule has 0 bridgehead atoms. The highest BCUT2D eigenvalue weighted by molar-refractivity contribution is 5.95. The third kappa shape index (κ3) is 4.86. The monoisotopic (exact) mass is 390 g/mol. The van der Waals surface area contributed by atoms with Crippen LogP contribution < -0.4 is 20.5 Å². The number of anilines is 1. The molecule has 0 spiro atoms. The summed E-state index contributed by atoms with van der Waals surface area (Å²) in [5.74, 6) is 1.15. The van der Waals surface area contributed by atoms with Crippen LogP contribution in [-0.2, 0) is 6.42 Å². The number of amides is 1. The van der Waals surface area contributed by atoms with Gasteiger partial charge in [0.2, 0.25) is 0 Å². The topological polar surface area (TPSA) is 73.6 Å². The molecule has 0 radical (unpaired) electrons. The van der Waals surface area contributed by atoms with Crippen LogP contribution in [0.4, 0.5) is 5.69 Å². The van der Waals surface area contributed by atoms with Crippen LogP contribution >= 0.6 is 12.4 Å². The molecular formula is C21H27ClN2O3. The number of fused-ring (bicyclic) bond motifs is 1. The lowest BCUT2D eigenvalue weighted by Gasteiger charge is -2.27. The summed E-state index contributed by atoms with van der Waals surface area (Å²) in [5, 5.41) is 3.16. The standard InChI is InChI=1S/C21H26N2O3.ClH/c1-3-25-19-11-8-15(13-20(19)26-4-2)21(24)23-18-7-5-6-14-12-16(22)9-10-17(14)18;/h8-13,18H,3-7,22H2,1-2H3,(H,23,24);1H. The van der Waals surface area contributed by atoms with Gasteiger partial charge in [-0.1, -0.05) is 6.07 Å². The molecule has 6 heteroatoms. The maximum absolute atomic E-state index is 12.8. The van der Waals surface area contributed by atoms with Gasteiger partial charge in [-0.15, -0.1) is 12.4 Å². The fourth-order valence-electron chi connectivity index (χ4n) is 3.42. The van der Waals surface area contributed by atoms with E-state index in [-0.39, 0.29) is 24.4 Å². The smallest absolute Gasteiger partial charge is 0.251 e. The molecule has 1 unspecified atom stereocenters. The van der Waals surface area contributed by atoms with E-state index in [1.807, 2.05) is 32.0 Å². The summed E-state index contributed by atoms with van der Waals surface area (Å²) >= 11 is 0. The van der Waals surface area contributed by atoms with E-state index in [2.05, 4.69) is 5.32 Å². The number of ether oxygens (including phenoxy) is 2. The summed E-state index contributed by atoms with van der Waals surface area (Å²) in [7, 11) is 0. The van der Waals surface area contributed by atoms with Crippen molar-refractivity contribution in [2.24, 2.45) is 0 Å². The van der Waals surface area contributed by atoms with Crippen molar-refractivity contribution in [2.75, 3.05) is 18.9 Å². The predicted molar refractivity (Wildman–Crippen MR) is 110 cm³/mol. The summed E-state index contributed by atoms with van der Waals surface area (Å²) < 4.78 is 11.2. The first-order valence-corrected chi connectivity index (χ1v) is 9.21. The Morgan fingerprint density at radius 2 is 1.85 bits per heavy atom. The Balaban J connectivity index is 0.00000261. The number of hydrogen-bond acceptors (Lipinski definition) is 4. The van der Waals surface area contributed by atoms with Crippen LogP contribution in [0.5, 0.6) is 11.5 Å². The van der Waals surface area contributed by atoms with Crippen LogP contribution in [0.2, 0.25) is 0 Å². The number of nitrogens with one attached hydrogen (secondary N) is 1. The van der Waals surface area contributed by atoms with Crippen molar-refractivity contribution >= 4 is 24.0 Å². The molecule has 1 amide bonds. The lowest BCUT2D eigenvalue weighted by molar-refractivity contribution is 0.0932. The second-order valence-corrected chi connectivity index (χ2v) is 6.40. The number of hydrogen-bond donors (Lipinski definition) is 2. The predicted octanol–water partition coefficient (Wildman–Crippen LogP) is 4.30. The molecule has 1 aliphatic rings. The first-order valence-electron chi connectivity index (χ1n) is 9.21. The van der Waals surface area contributed by atoms with E-state index in [1.54, 1.807) is 18.2 Å². The van der Waals surface area contributed by atoms with E-state index < -0.39 is 0 Å². The molecule has 3 N–H and O–H groups in total. The van der Waals surface area contributed by atoms with E-state index in [0.29, 0.717) is 30.3 Å². The number of carbonyl (C=O) groups excluding carboxylic acids is 1. The molecule has 27 heavy (non-hydrogen) atoms. The number of carbonyl (C=O) groups is 1. The number of rotatable bonds is 6. The third-order valence-electron chi connectivity index (χ3n) is 4.59. The van der Waals surface area contributed by atoms with Crippen molar-refractivity contribution in [2.45, 2.75) is 39.2 Å². The first-order chi connectivity index (χ1) is 12.6. The lowest BCUT2D eigenvalue weighted by Crippen LogP contribution is -2.31. The zero-order chi connectivity index (χ0) is 18.5. The van der Waals surface area contributed by atoms with Gasteiger partial charge in [-0.05, 0) is 74.6 Å². The van der Waals surface area contributed by atoms with Gasteiger partial charge in [-0.3, -0.25) is 4.79 Å². The Bertz CT molecular complexity index is 795. The quantitative estimate of drug-likeness (QED) is 0.721. The fourth-order valence-corrected chi connectivity index (χ4v) is 3.42. The minimum absolute atomic E-state index is 0. The number of halogens is 1. The summed E-state index contributed by atoms with van der Waals surface area (Å²) in [6, 6.07) is 11.3. The molecule has 0 heterocycles. The van der Waals surface area contributed by atoms with E-state index in [4.69, 9.17) is 15.2 Å². The molecule has 5 nitrogen and oxygen atoms in total. The number of aryl methyl sites for hydroxylation is 1. The SMILES string of the molecule is CCOc1ccc(C(=O)NC2CCCc3cc(N)ccc32)cc1OCC.Cl. The van der Waals surface area contributed by atoms with Gasteiger partial charge < -0.3 is 20.5 Å². The molecule has 0 saturated heterocycles. The zero-order valence-electron chi connectivity index (χ0n) is 15.8. The maximum Gasteiger partial charge on any atom is 0.251 e. The van der Waals surface area contributed by atoms with Gasteiger partial charge in [0.15, 0.2) is 11.5 Å². The molecule has 146 valence electrons. The normalized spacial score (nSPS) is 15.3. The second-order valence-electron chi connectivity index (χ2n) is 6.40. The van der Waals surface area contributed by atoms with Crippen LogP contribution in [0.15, 0.2) is 36.4 Å². The fraction of sp³-hybridized carbons (Fsp3) is 0.381. The molecule has 2 aromatic rings. The van der Waals surface area contributed by atoms with Crippen molar-refractivity contribution in [3.8, 4) is 11.5 Å². The molecule has 0 fully saturated rings. The molecule has 0 aliphatic heterocycles. The highest BCUT2D eigenvalue weighted by atomic mass is 35.5. The van der Waals surface area contributed by atoms with Crippen LogP contribution in [0.25, 0.3) is 0 Å². The van der Waals surface area contributed by atoms with E-state index >= 15 is 0 Å². The summed E-state index contributed by atoms with van der Waals surface area (Å²) in [4.78, 5) is 12.8. The first kappa shape index (κ1) is 20.9. The maximum atomic E-state index is 12.8. The Labute approximate surface area is 166 Å². The number of benzene rings is 2. The third-order valence-corrected chi connectivity index (χ3v) is 4.59. The van der Waals surface area contributed by atoms with Crippen LogP contribution in [0.1, 0.15) is 54.2 Å². The van der Waals surface area contributed by atoms with Crippen molar-refractivity contribution < 1.29 is 14.3 Å². The van der Waals surface area contributed by atoms with Gasteiger partial charge in [-0.2, -0.15) is 0 Å². The molecule has 2 aromatic carbocycles. The van der Waals surface area contributed by atoms with Gasteiger partial charge in [-0.25, -0.2) is 0 Å². The zero-order valence-corrected chi connectivity index (χ0v) is 16.6. The van der Waals surface area contributed by atoms with Crippen molar-refractivity contribution in [1.29, 1.82) is 0 Å². The van der Waals surface area contributed by atoms with Crippen molar-refractivity contribution in [1.82, 2.24) is 5.32 Å². The van der Waals surface area contributed by atoms with Gasteiger partial charge in [0.1, 0.15) is 0 Å². The number of nitrogen functional groups attached to an aromatic ring is 1. The summed E-state index contributed by atoms with van der Waals surface area (Å²) in [6.07, 6.45) is 2.97. The van der Waals surface area contributed by atoms with Crippen LogP contribution in [-0.4, -0.2) is 19.1 Å². The summed E-state index contributed by atoms with van der Waals surface area (Å²) in [5.41, 5.74) is 9.61. The average molecular weight is 391 g/mol. The lowest BCUT2D eigenvalue weighted by atomic mass is 9.87. The Hall–Kier alpha value is -2.40. The van der Waals surface area contributed by atoms with Gasteiger partial charge in [0.25, 0.3) is 5.91 Å². The molecule has 3 rings (SSSR count). The Morgan fingerprint density at radius 3 is 2.59 bits per heavy atom. The minimum Gasteiger partial charge on any atom is -0.490 e. The van der Waals surface area contributed by atoms with E-state index in [1.165, 1.54) is 5.56 Å². The average Bonchev–Trinajstić information content (AvgIpc) is 2.63. The summed E-state index contributed by atoms with van der Waals surface area (Å²) in [6.45, 7) is 4.90. The van der Waals surface area contributed by atoms with Crippen molar-refractivity contribution in [3.63, 3.8) is 0 Å². The van der Waals surface area contributed by atoms with Crippen LogP contribution in [0, 0.1) is 0 Å². The molecule has 1 atom stereocenters. The second kappa shape index (κ2) is 9.51. The van der Waals surface area contributed by atoms with Gasteiger partial charge >= 0.3 is 0 Å². The molecule has 0 saturated carbocycles. The molecule has 0 aromatic heterocycles. The van der Waals surface area contributed by atoms with Crippen molar-refractivity contribution in [3.05, 3.63) is 53.1 Å². The van der Waals surface area contributed by atoms with Gasteiger partial charge in [0, 0.05) is 11.3 Å². The Morgan fingerprint density at radius 1 is 1.11 bits per heavy atom. The highest BCUT2D eigenvalue weighted by Gasteiger charge is 2.23. The largest absolute Gasteiger partial charge is 0.490 e. The molecular weight excluding hydrogens is 364 g/mol. The van der Waals surface area contributed by atoms with E-state index in [9.17, 15) is 4.79 Å². The minimum atomic E-state index is -0.108. The van der Waals surface area contributed by atoms with E-state index in [0.717, 1.165) is 30.5 Å². The number of nitrogens with two attached hydrogens (primary N) is 1. The van der Waals surface area contributed by atoms with Gasteiger partial charge in [0.05, 0.1) is 19.3 Å². The highest BCUT2D eigenvalue weighted by Crippen LogP contribution is 2.32. The van der Waals surface area contributed by atoms with Crippen LogP contribution in [0.3, 0.4) is 0 Å². The Kier molecular flexibility index (Phi) is 7.36. The molecule has 1 aliphatic carbocycles.